The molecule has 1 aromatic heterocycles. The Kier molecular flexibility index (Phi) is 5.25. The first-order valence-corrected chi connectivity index (χ1v) is 2.91. The van der Waals surface area contributed by atoms with E-state index in [4.69, 9.17) is 5.73 Å². The van der Waals surface area contributed by atoms with Crippen LogP contribution in [0.25, 0.3) is 0 Å². The molecule has 0 fully saturated rings. The molecule has 0 bridgehead atoms. The number of aliphatic imine (C=N–C) groups is 1. The van der Waals surface area contributed by atoms with E-state index in [1.165, 1.54) is 6.34 Å². The van der Waals surface area contributed by atoms with Crippen LogP contribution in [0.2, 0.25) is 0 Å². The molecular formula is C7H8N3Y-. The van der Waals surface area contributed by atoms with Gasteiger partial charge in [-0.15, -0.1) is 0 Å². The van der Waals surface area contributed by atoms with Gasteiger partial charge in [0.2, 0.25) is 0 Å². The largest absolute Gasteiger partial charge is 0.390 e. The van der Waals surface area contributed by atoms with Crippen molar-refractivity contribution in [1.82, 2.24) is 4.98 Å². The quantitative estimate of drug-likeness (QED) is 0.435. The van der Waals surface area contributed by atoms with E-state index >= 15 is 0 Å². The third-order valence-electron chi connectivity index (χ3n) is 1.04. The van der Waals surface area contributed by atoms with E-state index in [2.05, 4.69) is 16.0 Å². The van der Waals surface area contributed by atoms with Crippen molar-refractivity contribution in [3.05, 3.63) is 23.9 Å². The molecule has 0 saturated heterocycles. The summed E-state index contributed by atoms with van der Waals surface area (Å²) in [5, 5.41) is 0. The molecule has 2 N–H and O–H groups in total. The molecule has 0 saturated carbocycles. The van der Waals surface area contributed by atoms with Crippen molar-refractivity contribution in [3.63, 3.8) is 0 Å². The second-order valence-electron chi connectivity index (χ2n) is 1.87. The summed E-state index contributed by atoms with van der Waals surface area (Å²) in [5.41, 5.74) is 6.08. The molecule has 0 aliphatic rings. The van der Waals surface area contributed by atoms with Crippen LogP contribution in [0.4, 0.5) is 5.82 Å². The van der Waals surface area contributed by atoms with Gasteiger partial charge in [0.05, 0.1) is 12.2 Å². The van der Waals surface area contributed by atoms with Gasteiger partial charge in [0.25, 0.3) is 0 Å². The topological polar surface area (TPSA) is 51.3 Å². The van der Waals surface area contributed by atoms with Gasteiger partial charge in [0.1, 0.15) is 0 Å². The standard InChI is InChI=1S/C7H8N3.Y/c1-6-2-3-9-7(4-6)10-5-8;/h3-5H,1H3,(H2,8,9,10);/q-1;. The van der Waals surface area contributed by atoms with Crippen LogP contribution in [0, 0.1) is 13.0 Å². The molecule has 0 unspecified atom stereocenters. The van der Waals surface area contributed by atoms with Crippen molar-refractivity contribution in [3.8, 4) is 0 Å². The molecular weight excluding hydrogens is 215 g/mol. The second-order valence-corrected chi connectivity index (χ2v) is 1.87. The van der Waals surface area contributed by atoms with E-state index in [9.17, 15) is 0 Å². The Morgan fingerprint density at radius 1 is 1.73 bits per heavy atom. The number of aryl methyl sites for hydroxylation is 1. The molecule has 4 heteroatoms. The molecule has 0 aliphatic carbocycles. The molecule has 0 aliphatic heterocycles. The van der Waals surface area contributed by atoms with Crippen molar-refractivity contribution < 1.29 is 32.7 Å². The second kappa shape index (κ2) is 5.38. The molecule has 0 spiro atoms. The SMILES string of the molecule is Cc1[c-]cnc(N=CN)c1.[Y]. The first-order chi connectivity index (χ1) is 4.83. The Balaban J connectivity index is 0.000001000. The zero-order chi connectivity index (χ0) is 7.40. The van der Waals surface area contributed by atoms with Crippen LogP contribution in [0.5, 0.6) is 0 Å². The summed E-state index contributed by atoms with van der Waals surface area (Å²) in [6, 6.07) is 4.71. The van der Waals surface area contributed by atoms with Gasteiger partial charge in [-0.25, -0.2) is 16.6 Å². The fourth-order valence-corrected chi connectivity index (χ4v) is 0.620. The fourth-order valence-electron chi connectivity index (χ4n) is 0.620. The third kappa shape index (κ3) is 3.58. The average Bonchev–Trinajstić information content (AvgIpc) is 1.88. The smallest absolute Gasteiger partial charge is 0.0859 e. The van der Waals surface area contributed by atoms with E-state index in [1.54, 1.807) is 6.20 Å². The van der Waals surface area contributed by atoms with Gasteiger partial charge in [-0.3, -0.25) is 4.98 Å². The number of hydrogen-bond donors (Lipinski definition) is 1. The first kappa shape index (κ1) is 10.7. The predicted molar refractivity (Wildman–Crippen MR) is 40.1 cm³/mol. The van der Waals surface area contributed by atoms with Gasteiger partial charge >= 0.3 is 0 Å². The van der Waals surface area contributed by atoms with Crippen LogP contribution in [0.1, 0.15) is 5.56 Å². The number of aromatic nitrogens is 1. The molecule has 1 radical (unpaired) electrons. The summed E-state index contributed by atoms with van der Waals surface area (Å²) < 4.78 is 0. The zero-order valence-electron chi connectivity index (χ0n) is 6.28. The third-order valence-corrected chi connectivity index (χ3v) is 1.04. The Hall–Kier alpha value is -0.276. The maximum absolute atomic E-state index is 5.07. The van der Waals surface area contributed by atoms with Gasteiger partial charge in [0, 0.05) is 32.7 Å². The van der Waals surface area contributed by atoms with Crippen molar-refractivity contribution in [2.24, 2.45) is 10.7 Å². The van der Waals surface area contributed by atoms with E-state index in [1.807, 2.05) is 13.0 Å². The Morgan fingerprint density at radius 2 is 2.45 bits per heavy atom. The van der Waals surface area contributed by atoms with E-state index in [0.717, 1.165) is 5.56 Å². The minimum absolute atomic E-state index is 0. The number of pyridine rings is 1. The van der Waals surface area contributed by atoms with Crippen LogP contribution < -0.4 is 5.73 Å². The maximum Gasteiger partial charge on any atom is 0.0859 e. The summed E-state index contributed by atoms with van der Waals surface area (Å²) in [6.45, 7) is 1.93. The number of rotatable bonds is 1. The molecule has 1 aromatic rings. The van der Waals surface area contributed by atoms with Gasteiger partial charge in [-0.2, -0.15) is 6.07 Å². The number of hydrogen-bond acceptors (Lipinski definition) is 2. The molecule has 55 valence electrons. The van der Waals surface area contributed by atoms with E-state index in [-0.39, 0.29) is 32.7 Å². The van der Waals surface area contributed by atoms with Crippen molar-refractivity contribution >= 4 is 12.2 Å². The van der Waals surface area contributed by atoms with Gasteiger partial charge < -0.3 is 5.73 Å². The molecule has 0 aromatic carbocycles. The fraction of sp³-hybridized carbons (Fsp3) is 0.143. The van der Waals surface area contributed by atoms with Gasteiger partial charge in [-0.1, -0.05) is 13.1 Å². The van der Waals surface area contributed by atoms with Crippen LogP contribution in [0.15, 0.2) is 17.3 Å². The van der Waals surface area contributed by atoms with Crippen molar-refractivity contribution in [2.45, 2.75) is 6.92 Å². The predicted octanol–water partition coefficient (Wildman–Crippen LogP) is 0.806. The van der Waals surface area contributed by atoms with Gasteiger partial charge in [0.15, 0.2) is 0 Å². The molecule has 1 heterocycles. The Labute approximate surface area is 91.0 Å². The summed E-state index contributed by atoms with van der Waals surface area (Å²) in [7, 11) is 0. The summed E-state index contributed by atoms with van der Waals surface area (Å²) >= 11 is 0. The summed E-state index contributed by atoms with van der Waals surface area (Å²) in [6.07, 6.45) is 2.80. The molecule has 3 nitrogen and oxygen atoms in total. The zero-order valence-corrected chi connectivity index (χ0v) is 9.12. The summed E-state index contributed by atoms with van der Waals surface area (Å²) in [5.74, 6) is 0.624. The van der Waals surface area contributed by atoms with Crippen LogP contribution >= 0.6 is 0 Å². The number of nitrogens with two attached hydrogens (primary N) is 1. The maximum atomic E-state index is 5.07. The van der Waals surface area contributed by atoms with Crippen LogP contribution in [0.3, 0.4) is 0 Å². The first-order valence-electron chi connectivity index (χ1n) is 2.91. The normalized spacial score (nSPS) is 9.55. The van der Waals surface area contributed by atoms with Crippen molar-refractivity contribution in [2.75, 3.05) is 0 Å². The minimum atomic E-state index is 0. The molecule has 0 atom stereocenters. The molecule has 11 heavy (non-hydrogen) atoms. The monoisotopic (exact) mass is 223 g/mol. The van der Waals surface area contributed by atoms with Gasteiger partial charge in [-0.05, 0) is 0 Å². The minimum Gasteiger partial charge on any atom is -0.390 e. The van der Waals surface area contributed by atoms with Crippen LogP contribution in [-0.2, 0) is 32.7 Å². The Bertz CT molecular complexity index is 247. The van der Waals surface area contributed by atoms with E-state index in [0.29, 0.717) is 5.82 Å². The Morgan fingerprint density at radius 3 is 3.00 bits per heavy atom. The van der Waals surface area contributed by atoms with E-state index < -0.39 is 0 Å². The van der Waals surface area contributed by atoms with Crippen LogP contribution in [-0.4, -0.2) is 11.3 Å². The summed E-state index contributed by atoms with van der Waals surface area (Å²) in [4.78, 5) is 7.68. The number of nitrogens with zero attached hydrogens (tertiary/aromatic N) is 2. The average molecular weight is 223 g/mol. The molecule has 1 rings (SSSR count). The molecule has 0 amide bonds. The van der Waals surface area contributed by atoms with Crippen molar-refractivity contribution in [1.29, 1.82) is 0 Å².